The Morgan fingerprint density at radius 2 is 2.00 bits per heavy atom. The van der Waals surface area contributed by atoms with Gasteiger partial charge in [0.15, 0.2) is 0 Å². The molecule has 0 heterocycles. The van der Waals surface area contributed by atoms with E-state index in [9.17, 15) is 23.1 Å². The minimum atomic E-state index is -4.49. The number of rotatable bonds is 3. The van der Waals surface area contributed by atoms with Crippen LogP contribution in [-0.4, -0.2) is 22.3 Å². The number of hydrogen-bond donors (Lipinski definition) is 1. The van der Waals surface area contributed by atoms with Crippen molar-refractivity contribution in [1.29, 1.82) is 0 Å². The predicted molar refractivity (Wildman–Crippen MR) is 71.9 cm³/mol. The van der Waals surface area contributed by atoms with Gasteiger partial charge in [-0.25, -0.2) is 0 Å². The summed E-state index contributed by atoms with van der Waals surface area (Å²) in [7, 11) is 0. The van der Waals surface area contributed by atoms with Crippen molar-refractivity contribution in [3.8, 4) is 0 Å². The molecule has 0 spiro atoms. The van der Waals surface area contributed by atoms with Crippen molar-refractivity contribution in [3.05, 3.63) is 33.8 Å². The summed E-state index contributed by atoms with van der Waals surface area (Å²) in [6.07, 6.45) is -4.04. The highest BCUT2D eigenvalue weighted by Crippen LogP contribution is 2.72. The van der Waals surface area contributed by atoms with Gasteiger partial charge in [-0.2, -0.15) is 13.2 Å². The molecule has 1 aromatic carbocycles. The molecule has 1 aromatic rings. The Kier molecular flexibility index (Phi) is 3.91. The number of benzene rings is 1. The maximum Gasteiger partial charge on any atom is 0.417 e. The van der Waals surface area contributed by atoms with E-state index in [0.29, 0.717) is 11.8 Å². The molecule has 2 nitrogen and oxygen atoms in total. The molecule has 0 bridgehead atoms. The van der Waals surface area contributed by atoms with Crippen LogP contribution in [0.25, 0.3) is 0 Å². The summed E-state index contributed by atoms with van der Waals surface area (Å²) < 4.78 is 36.3. The van der Waals surface area contributed by atoms with Gasteiger partial charge in [0.1, 0.15) is 10.6 Å². The monoisotopic (exact) mass is 390 g/mol. The number of hydrogen-bond acceptors (Lipinski definition) is 2. The number of aliphatic hydroxyl groups is 1. The maximum atomic E-state index is 12.7. The van der Waals surface area contributed by atoms with Gasteiger partial charge in [-0.3, -0.25) is 0 Å². The molecule has 2 unspecified atom stereocenters. The van der Waals surface area contributed by atoms with Gasteiger partial charge < -0.3 is 9.90 Å². The van der Waals surface area contributed by atoms with Gasteiger partial charge in [-0.05, 0) is 17.7 Å². The molecule has 0 aromatic heterocycles. The predicted octanol–water partition coefficient (Wildman–Crippen LogP) is 3.92. The molecule has 0 radical (unpaired) electrons. The zero-order chi connectivity index (χ0) is 15.3. The molecular weight excluding hydrogens is 384 g/mol. The zero-order valence-corrected chi connectivity index (χ0v) is 12.8. The molecule has 1 N–H and O–H groups in total. The first-order valence-corrected chi connectivity index (χ1v) is 6.98. The van der Waals surface area contributed by atoms with Gasteiger partial charge in [0.2, 0.25) is 0 Å². The van der Waals surface area contributed by atoms with E-state index in [-0.39, 0.29) is 4.47 Å². The minimum absolute atomic E-state index is 0.170. The van der Waals surface area contributed by atoms with Crippen LogP contribution in [0, 0.1) is 5.41 Å². The lowest BCUT2D eigenvalue weighted by atomic mass is 10.0. The van der Waals surface area contributed by atoms with Crippen molar-refractivity contribution < 1.29 is 23.1 Å². The van der Waals surface area contributed by atoms with Crippen LogP contribution in [0.3, 0.4) is 0 Å². The number of aldehydes is 1. The first-order valence-electron chi connectivity index (χ1n) is 5.43. The van der Waals surface area contributed by atoms with Gasteiger partial charge >= 0.3 is 6.18 Å². The summed E-state index contributed by atoms with van der Waals surface area (Å²) >= 11 is 14.8. The fourth-order valence-electron chi connectivity index (χ4n) is 2.30. The Labute approximate surface area is 131 Å². The average molecular weight is 392 g/mol. The minimum Gasteiger partial charge on any atom is -0.395 e. The van der Waals surface area contributed by atoms with Crippen LogP contribution in [0.15, 0.2) is 22.7 Å². The van der Waals surface area contributed by atoms with E-state index in [1.165, 1.54) is 12.1 Å². The molecule has 1 saturated carbocycles. The highest BCUT2D eigenvalue weighted by molar-refractivity contribution is 9.10. The van der Waals surface area contributed by atoms with Crippen LogP contribution in [0.1, 0.15) is 17.0 Å². The molecule has 2 atom stereocenters. The van der Waals surface area contributed by atoms with Crippen molar-refractivity contribution >= 4 is 45.4 Å². The van der Waals surface area contributed by atoms with Crippen LogP contribution in [0.2, 0.25) is 0 Å². The van der Waals surface area contributed by atoms with Crippen LogP contribution in [0.5, 0.6) is 0 Å². The SMILES string of the molecule is O=CC1(CO)C(c2ccc(C(F)(F)F)c(Br)c2)C1(Cl)Cl. The van der Waals surface area contributed by atoms with Crippen molar-refractivity contribution in [2.75, 3.05) is 6.61 Å². The van der Waals surface area contributed by atoms with Gasteiger partial charge in [0.05, 0.1) is 17.6 Å². The van der Waals surface area contributed by atoms with Gasteiger partial charge in [-0.15, -0.1) is 0 Å². The van der Waals surface area contributed by atoms with Crippen molar-refractivity contribution in [2.24, 2.45) is 5.41 Å². The molecular formula is C12H8BrCl2F3O2. The molecule has 8 heteroatoms. The third-order valence-electron chi connectivity index (χ3n) is 3.52. The second kappa shape index (κ2) is 4.87. The van der Waals surface area contributed by atoms with Gasteiger partial charge in [-0.1, -0.05) is 45.2 Å². The smallest absolute Gasteiger partial charge is 0.395 e. The fourth-order valence-corrected chi connectivity index (χ4v) is 3.88. The Morgan fingerprint density at radius 3 is 2.35 bits per heavy atom. The van der Waals surface area contributed by atoms with Crippen LogP contribution in [-0.2, 0) is 11.0 Å². The summed E-state index contributed by atoms with van der Waals surface area (Å²) in [5, 5.41) is 9.29. The summed E-state index contributed by atoms with van der Waals surface area (Å²) in [4.78, 5) is 11.1. The fraction of sp³-hybridized carbons (Fsp3) is 0.417. The Morgan fingerprint density at radius 1 is 1.40 bits per heavy atom. The second-order valence-corrected chi connectivity index (χ2v) is 6.85. The quantitative estimate of drug-likeness (QED) is 0.626. The Hall–Kier alpha value is -0.300. The normalized spacial score (nSPS) is 28.2. The molecule has 20 heavy (non-hydrogen) atoms. The summed E-state index contributed by atoms with van der Waals surface area (Å²) in [6.45, 7) is -0.577. The summed E-state index contributed by atoms with van der Waals surface area (Å²) in [5.41, 5.74) is -1.86. The molecule has 0 amide bonds. The lowest BCUT2D eigenvalue weighted by Crippen LogP contribution is -2.16. The van der Waals surface area contributed by atoms with E-state index in [1.807, 2.05) is 0 Å². The summed E-state index contributed by atoms with van der Waals surface area (Å²) in [6, 6.07) is 3.31. The van der Waals surface area contributed by atoms with E-state index in [2.05, 4.69) is 15.9 Å². The van der Waals surface area contributed by atoms with Gasteiger partial charge in [0.25, 0.3) is 0 Å². The third-order valence-corrected chi connectivity index (χ3v) is 5.31. The average Bonchev–Trinajstić information content (AvgIpc) is 2.84. The highest BCUT2D eigenvalue weighted by Gasteiger charge is 2.76. The molecule has 1 aliphatic carbocycles. The number of carbonyl (C=O) groups excluding carboxylic acids is 1. The van der Waals surface area contributed by atoms with Crippen LogP contribution < -0.4 is 0 Å². The Balaban J connectivity index is 2.43. The Bertz CT molecular complexity index is 562. The molecule has 1 fully saturated rings. The topological polar surface area (TPSA) is 37.3 Å². The lowest BCUT2D eigenvalue weighted by molar-refractivity contribution is -0.138. The van der Waals surface area contributed by atoms with E-state index in [1.54, 1.807) is 0 Å². The largest absolute Gasteiger partial charge is 0.417 e. The number of aliphatic hydroxyl groups excluding tert-OH is 1. The van der Waals surface area contributed by atoms with E-state index in [4.69, 9.17) is 23.2 Å². The molecule has 110 valence electrons. The summed E-state index contributed by atoms with van der Waals surface area (Å²) in [5.74, 6) is -0.751. The number of halogens is 6. The maximum absolute atomic E-state index is 12.7. The number of alkyl halides is 5. The first kappa shape index (κ1) is 16.1. The molecule has 0 aliphatic heterocycles. The first-order chi connectivity index (χ1) is 9.11. The second-order valence-electron chi connectivity index (χ2n) is 4.61. The van der Waals surface area contributed by atoms with E-state index >= 15 is 0 Å². The van der Waals surface area contributed by atoms with E-state index in [0.717, 1.165) is 6.07 Å². The molecule has 1 aliphatic rings. The van der Waals surface area contributed by atoms with Crippen molar-refractivity contribution in [1.82, 2.24) is 0 Å². The molecule has 0 saturated heterocycles. The van der Waals surface area contributed by atoms with Crippen LogP contribution >= 0.6 is 39.1 Å². The number of carbonyl (C=O) groups is 1. The zero-order valence-electron chi connectivity index (χ0n) is 9.72. The molecule has 2 rings (SSSR count). The van der Waals surface area contributed by atoms with Crippen molar-refractivity contribution in [2.45, 2.75) is 16.4 Å². The van der Waals surface area contributed by atoms with Gasteiger partial charge in [0, 0.05) is 10.4 Å². The standard InChI is InChI=1S/C12H8BrCl2F3O2/c13-8-3-6(1-2-7(8)12(16,17)18)9-10(4-19,5-20)11(9,14)15/h1-4,9,20H,5H2. The lowest BCUT2D eigenvalue weighted by Gasteiger charge is -2.11. The van der Waals surface area contributed by atoms with E-state index < -0.39 is 34.0 Å². The van der Waals surface area contributed by atoms with Crippen molar-refractivity contribution in [3.63, 3.8) is 0 Å². The third kappa shape index (κ3) is 2.17. The van der Waals surface area contributed by atoms with Crippen LogP contribution in [0.4, 0.5) is 13.2 Å². The highest BCUT2D eigenvalue weighted by atomic mass is 79.9.